The van der Waals surface area contributed by atoms with Crippen molar-refractivity contribution in [3.63, 3.8) is 0 Å². The number of anilines is 2. The Morgan fingerprint density at radius 3 is 2.57 bits per heavy atom. The van der Waals surface area contributed by atoms with E-state index in [0.717, 1.165) is 39.1 Å². The van der Waals surface area contributed by atoms with E-state index >= 15 is 0 Å². The minimum atomic E-state index is -0.157. The summed E-state index contributed by atoms with van der Waals surface area (Å²) in [5.74, 6) is 1.56. The van der Waals surface area contributed by atoms with Gasteiger partial charge in [-0.15, -0.1) is 0 Å². The summed E-state index contributed by atoms with van der Waals surface area (Å²) in [5, 5.41) is 3.07. The number of aliphatic imine (C=N–C) groups is 1. The molecule has 0 bridgehead atoms. The van der Waals surface area contributed by atoms with E-state index in [1.165, 1.54) is 6.07 Å². The van der Waals surface area contributed by atoms with Gasteiger partial charge in [-0.2, -0.15) is 0 Å². The molecule has 0 unspecified atom stereocenters. The first kappa shape index (κ1) is 21.7. The molecule has 1 saturated heterocycles. The molecule has 0 radical (unpaired) electrons. The van der Waals surface area contributed by atoms with Gasteiger partial charge in [0.25, 0.3) is 0 Å². The molecule has 2 aromatic rings. The minimum Gasteiger partial charge on any atom is -0.497 e. The van der Waals surface area contributed by atoms with Gasteiger partial charge >= 0.3 is 0 Å². The van der Waals surface area contributed by atoms with E-state index in [1.807, 2.05) is 30.3 Å². The molecule has 7 nitrogen and oxygen atoms in total. The SMILES string of the molecule is COc1ccc(OC)c(NC(N)=NCCCN2CCN(c3ccccc3F)CC2)c1. The Kier molecular flexibility index (Phi) is 7.73. The highest BCUT2D eigenvalue weighted by atomic mass is 19.1. The van der Waals surface area contributed by atoms with E-state index in [0.29, 0.717) is 35.4 Å². The lowest BCUT2D eigenvalue weighted by atomic mass is 10.2. The molecule has 0 aliphatic carbocycles. The molecular formula is C22H30FN5O2. The number of guanidine groups is 1. The van der Waals surface area contributed by atoms with E-state index in [4.69, 9.17) is 15.2 Å². The van der Waals surface area contributed by atoms with Gasteiger partial charge in [0.2, 0.25) is 0 Å². The summed E-state index contributed by atoms with van der Waals surface area (Å²) in [7, 11) is 3.21. The van der Waals surface area contributed by atoms with Gasteiger partial charge in [-0.25, -0.2) is 4.39 Å². The molecule has 162 valence electrons. The van der Waals surface area contributed by atoms with Crippen LogP contribution in [-0.2, 0) is 0 Å². The Bertz CT molecular complexity index is 853. The quantitative estimate of drug-likeness (QED) is 0.392. The fraction of sp³-hybridized carbons (Fsp3) is 0.409. The highest BCUT2D eigenvalue weighted by Gasteiger charge is 2.18. The molecule has 0 saturated carbocycles. The molecule has 2 aromatic carbocycles. The number of halogens is 1. The van der Waals surface area contributed by atoms with Gasteiger partial charge < -0.3 is 25.4 Å². The standard InChI is InChI=1S/C22H30FN5O2/c1-29-17-8-9-21(30-2)19(16-17)26-22(24)25-10-5-11-27-12-14-28(15-13-27)20-7-4-3-6-18(20)23/h3-4,6-9,16H,5,10-15H2,1-2H3,(H3,24,25,26). The van der Waals surface area contributed by atoms with E-state index in [9.17, 15) is 4.39 Å². The van der Waals surface area contributed by atoms with Crippen molar-refractivity contribution >= 4 is 17.3 Å². The van der Waals surface area contributed by atoms with E-state index in [1.54, 1.807) is 20.3 Å². The van der Waals surface area contributed by atoms with Crippen LogP contribution in [-0.4, -0.2) is 64.3 Å². The summed E-state index contributed by atoms with van der Waals surface area (Å²) in [4.78, 5) is 8.89. The summed E-state index contributed by atoms with van der Waals surface area (Å²) in [5.41, 5.74) is 7.42. The highest BCUT2D eigenvalue weighted by Crippen LogP contribution is 2.28. The monoisotopic (exact) mass is 415 g/mol. The summed E-state index contributed by atoms with van der Waals surface area (Å²) in [6.07, 6.45) is 0.900. The molecule has 1 aliphatic rings. The van der Waals surface area contributed by atoms with E-state index < -0.39 is 0 Å². The number of rotatable bonds is 8. The second kappa shape index (κ2) is 10.7. The number of hydrogen-bond acceptors (Lipinski definition) is 5. The number of nitrogens with two attached hydrogens (primary N) is 1. The maximum absolute atomic E-state index is 13.9. The van der Waals surface area contributed by atoms with Crippen molar-refractivity contribution in [3.8, 4) is 11.5 Å². The number of para-hydroxylation sites is 1. The molecule has 30 heavy (non-hydrogen) atoms. The molecule has 0 atom stereocenters. The Labute approximate surface area is 177 Å². The van der Waals surface area contributed by atoms with Crippen molar-refractivity contribution in [2.24, 2.45) is 10.7 Å². The number of piperazine rings is 1. The van der Waals surface area contributed by atoms with Crippen molar-refractivity contribution in [1.29, 1.82) is 0 Å². The first-order valence-corrected chi connectivity index (χ1v) is 10.1. The summed E-state index contributed by atoms with van der Waals surface area (Å²) in [6.45, 7) is 5.02. The maximum atomic E-state index is 13.9. The van der Waals surface area contributed by atoms with Crippen molar-refractivity contribution in [3.05, 3.63) is 48.3 Å². The Hall–Kier alpha value is -3.00. The third-order valence-corrected chi connectivity index (χ3v) is 5.15. The van der Waals surface area contributed by atoms with Crippen molar-refractivity contribution in [2.75, 3.05) is 63.7 Å². The number of benzene rings is 2. The first-order chi connectivity index (χ1) is 14.6. The third-order valence-electron chi connectivity index (χ3n) is 5.15. The lowest BCUT2D eigenvalue weighted by molar-refractivity contribution is 0.256. The summed E-state index contributed by atoms with van der Waals surface area (Å²) < 4.78 is 24.5. The third kappa shape index (κ3) is 5.76. The molecule has 8 heteroatoms. The zero-order chi connectivity index (χ0) is 21.3. The topological polar surface area (TPSA) is 75.3 Å². The van der Waals surface area contributed by atoms with Gasteiger partial charge in [0.1, 0.15) is 17.3 Å². The van der Waals surface area contributed by atoms with Gasteiger partial charge in [0.15, 0.2) is 5.96 Å². The molecule has 1 heterocycles. The van der Waals surface area contributed by atoms with E-state index in [-0.39, 0.29) is 5.82 Å². The number of nitrogens with one attached hydrogen (secondary N) is 1. The zero-order valence-electron chi connectivity index (χ0n) is 17.6. The molecule has 0 spiro atoms. The van der Waals surface area contributed by atoms with E-state index in [2.05, 4.69) is 20.1 Å². The van der Waals surface area contributed by atoms with Crippen molar-refractivity contribution in [2.45, 2.75) is 6.42 Å². The second-order valence-corrected chi connectivity index (χ2v) is 7.09. The average Bonchev–Trinajstić information content (AvgIpc) is 2.77. The van der Waals surface area contributed by atoms with Crippen LogP contribution in [0.25, 0.3) is 0 Å². The van der Waals surface area contributed by atoms with Crippen LogP contribution in [0.5, 0.6) is 11.5 Å². The number of nitrogens with zero attached hydrogens (tertiary/aromatic N) is 3. The van der Waals surface area contributed by atoms with Crippen LogP contribution >= 0.6 is 0 Å². The summed E-state index contributed by atoms with van der Waals surface area (Å²) >= 11 is 0. The predicted octanol–water partition coefficient (Wildman–Crippen LogP) is 2.78. The lowest BCUT2D eigenvalue weighted by Crippen LogP contribution is -2.47. The molecular weight excluding hydrogens is 385 g/mol. The van der Waals surface area contributed by atoms with Crippen LogP contribution < -0.4 is 25.4 Å². The Balaban J connectivity index is 1.42. The summed E-state index contributed by atoms with van der Waals surface area (Å²) in [6, 6.07) is 12.4. The second-order valence-electron chi connectivity index (χ2n) is 7.09. The van der Waals surface area contributed by atoms with Crippen LogP contribution in [0.2, 0.25) is 0 Å². The number of methoxy groups -OCH3 is 2. The van der Waals surface area contributed by atoms with Crippen LogP contribution in [0.15, 0.2) is 47.5 Å². The maximum Gasteiger partial charge on any atom is 0.193 e. The minimum absolute atomic E-state index is 0.157. The van der Waals surface area contributed by atoms with Crippen molar-refractivity contribution < 1.29 is 13.9 Å². The highest BCUT2D eigenvalue weighted by molar-refractivity contribution is 5.94. The van der Waals surface area contributed by atoms with Crippen LogP contribution in [0, 0.1) is 5.82 Å². The zero-order valence-corrected chi connectivity index (χ0v) is 17.6. The molecule has 3 N–H and O–H groups in total. The number of hydrogen-bond donors (Lipinski definition) is 2. The first-order valence-electron chi connectivity index (χ1n) is 10.1. The van der Waals surface area contributed by atoms with Gasteiger partial charge in [-0.3, -0.25) is 9.89 Å². The smallest absolute Gasteiger partial charge is 0.193 e. The fourth-order valence-electron chi connectivity index (χ4n) is 3.50. The van der Waals surface area contributed by atoms with Crippen LogP contribution in [0.3, 0.4) is 0 Å². The molecule has 1 aliphatic heterocycles. The largest absolute Gasteiger partial charge is 0.497 e. The van der Waals surface area contributed by atoms with Crippen LogP contribution in [0.1, 0.15) is 6.42 Å². The van der Waals surface area contributed by atoms with Gasteiger partial charge in [-0.05, 0) is 30.7 Å². The van der Waals surface area contributed by atoms with Gasteiger partial charge in [-0.1, -0.05) is 12.1 Å². The molecule has 3 rings (SSSR count). The normalized spacial score (nSPS) is 15.2. The van der Waals surface area contributed by atoms with Gasteiger partial charge in [0.05, 0.1) is 25.6 Å². The fourth-order valence-corrected chi connectivity index (χ4v) is 3.50. The van der Waals surface area contributed by atoms with Crippen LogP contribution in [0.4, 0.5) is 15.8 Å². The molecule has 1 fully saturated rings. The Morgan fingerprint density at radius 2 is 1.87 bits per heavy atom. The predicted molar refractivity (Wildman–Crippen MR) is 119 cm³/mol. The Morgan fingerprint density at radius 1 is 1.10 bits per heavy atom. The number of ether oxygens (including phenoxy) is 2. The van der Waals surface area contributed by atoms with Gasteiger partial charge in [0, 0.05) is 45.3 Å². The molecule has 0 amide bonds. The lowest BCUT2D eigenvalue weighted by Gasteiger charge is -2.36. The molecule has 0 aromatic heterocycles. The van der Waals surface area contributed by atoms with Crippen molar-refractivity contribution in [1.82, 2.24) is 4.90 Å². The average molecular weight is 416 g/mol.